The molecule has 1 fully saturated rings. The van der Waals surface area contributed by atoms with Gasteiger partial charge in [-0.2, -0.15) is 0 Å². The van der Waals surface area contributed by atoms with Crippen molar-refractivity contribution in [3.8, 4) is 0 Å². The lowest BCUT2D eigenvalue weighted by atomic mass is 9.86. The molecule has 2 aromatic heterocycles. The van der Waals surface area contributed by atoms with E-state index >= 15 is 0 Å². The van der Waals surface area contributed by atoms with Crippen molar-refractivity contribution < 1.29 is 17.9 Å². The van der Waals surface area contributed by atoms with E-state index in [1.54, 1.807) is 0 Å². The summed E-state index contributed by atoms with van der Waals surface area (Å²) in [4.78, 5) is 23.1. The highest BCUT2D eigenvalue weighted by atomic mass is 32.2. The van der Waals surface area contributed by atoms with Crippen LogP contribution in [-0.4, -0.2) is 53.8 Å². The number of anilines is 1. The van der Waals surface area contributed by atoms with Crippen LogP contribution >= 0.6 is 0 Å². The molecule has 0 atom stereocenters. The fourth-order valence-electron chi connectivity index (χ4n) is 4.39. The van der Waals surface area contributed by atoms with Gasteiger partial charge in [-0.25, -0.2) is 23.1 Å². The highest BCUT2D eigenvalue weighted by Gasteiger charge is 2.35. The predicted molar refractivity (Wildman–Crippen MR) is 134 cm³/mol. The van der Waals surface area contributed by atoms with Crippen LogP contribution in [0.4, 0.5) is 5.82 Å². The first kappa shape index (κ1) is 26.4. The van der Waals surface area contributed by atoms with Crippen molar-refractivity contribution in [1.82, 2.24) is 19.3 Å². The first-order valence-corrected chi connectivity index (χ1v) is 14.2. The van der Waals surface area contributed by atoms with Gasteiger partial charge in [0.2, 0.25) is 10.0 Å². The fraction of sp³-hybridized carbons (Fsp3) is 0.708. The molecule has 1 saturated carbocycles. The Bertz CT molecular complexity index is 1030. The summed E-state index contributed by atoms with van der Waals surface area (Å²) in [6.45, 7) is 4.18. The van der Waals surface area contributed by atoms with Crippen LogP contribution in [0.5, 0.6) is 0 Å². The third-order valence-corrected chi connectivity index (χ3v) is 8.09. The van der Waals surface area contributed by atoms with Crippen LogP contribution in [0.3, 0.4) is 0 Å². The quantitative estimate of drug-likeness (QED) is 0.295. The Balaban J connectivity index is 1.51. The Morgan fingerprint density at radius 3 is 2.62 bits per heavy atom. The SMILES string of the molecule is CCCCCCCCC(=O)OCn1ccc2c(N(C)C3CC(NS(=O)(=O)CCC)C3)ncnc21. The molecule has 34 heavy (non-hydrogen) atoms. The number of hydrogen-bond donors (Lipinski definition) is 1. The lowest BCUT2D eigenvalue weighted by Gasteiger charge is -2.41. The molecule has 1 aliphatic carbocycles. The van der Waals surface area contributed by atoms with E-state index in [1.165, 1.54) is 32.0 Å². The molecule has 190 valence electrons. The number of unbranched alkanes of at least 4 members (excludes halogenated alkanes) is 5. The van der Waals surface area contributed by atoms with Gasteiger partial charge < -0.3 is 9.64 Å². The van der Waals surface area contributed by atoms with E-state index in [1.807, 2.05) is 30.8 Å². The van der Waals surface area contributed by atoms with Crippen molar-refractivity contribution in [2.45, 2.75) is 96.9 Å². The number of carbonyl (C=O) groups is 1. The Hall–Kier alpha value is -2.20. The maximum absolute atomic E-state index is 12.1. The Kier molecular flexibility index (Phi) is 9.70. The smallest absolute Gasteiger partial charge is 0.307 e. The summed E-state index contributed by atoms with van der Waals surface area (Å²) in [5, 5.41) is 0.881. The van der Waals surface area contributed by atoms with Crippen LogP contribution in [0.2, 0.25) is 0 Å². The second-order valence-electron chi connectivity index (χ2n) is 9.25. The zero-order valence-electron chi connectivity index (χ0n) is 20.7. The average molecular weight is 494 g/mol. The molecule has 0 spiro atoms. The second-order valence-corrected chi connectivity index (χ2v) is 11.1. The number of ether oxygens (including phenoxy) is 1. The molecule has 0 bridgehead atoms. The summed E-state index contributed by atoms with van der Waals surface area (Å²) in [5.74, 6) is 0.768. The Morgan fingerprint density at radius 1 is 1.15 bits per heavy atom. The number of nitrogens with zero attached hydrogens (tertiary/aromatic N) is 4. The van der Waals surface area contributed by atoms with Crippen LogP contribution in [0, 0.1) is 0 Å². The third kappa shape index (κ3) is 7.15. The summed E-state index contributed by atoms with van der Waals surface area (Å²) >= 11 is 0. The molecular formula is C24H39N5O4S. The minimum absolute atomic E-state index is 0.0306. The molecular weight excluding hydrogens is 454 g/mol. The number of hydrogen-bond acceptors (Lipinski definition) is 7. The molecule has 0 aromatic carbocycles. The van der Waals surface area contributed by atoms with Gasteiger partial charge in [-0.3, -0.25) is 9.36 Å². The van der Waals surface area contributed by atoms with Gasteiger partial charge in [0, 0.05) is 31.7 Å². The lowest BCUT2D eigenvalue weighted by Crippen LogP contribution is -2.53. The maximum atomic E-state index is 12.1. The standard InChI is InChI=1S/C24H39N5O4S/c1-4-6-7-8-9-10-11-22(30)33-18-29-13-12-21-23(25-17-26-24(21)29)28(3)20-15-19(16-20)27-34(31,32)14-5-2/h12-13,17,19-20,27H,4-11,14-16,18H2,1-3H3. The molecule has 0 unspecified atom stereocenters. The van der Waals surface area contributed by atoms with Crippen LogP contribution < -0.4 is 9.62 Å². The molecule has 0 saturated heterocycles. The van der Waals surface area contributed by atoms with Crippen molar-refractivity contribution in [2.24, 2.45) is 0 Å². The highest BCUT2D eigenvalue weighted by Crippen LogP contribution is 2.32. The molecule has 0 aliphatic heterocycles. The number of nitrogens with one attached hydrogen (secondary N) is 1. The van der Waals surface area contributed by atoms with E-state index in [2.05, 4.69) is 26.5 Å². The van der Waals surface area contributed by atoms with E-state index < -0.39 is 10.0 Å². The lowest BCUT2D eigenvalue weighted by molar-refractivity contribution is -0.147. The van der Waals surface area contributed by atoms with Gasteiger partial charge >= 0.3 is 5.97 Å². The minimum Gasteiger partial charge on any atom is -0.444 e. The van der Waals surface area contributed by atoms with Crippen LogP contribution in [0.15, 0.2) is 18.6 Å². The van der Waals surface area contributed by atoms with Gasteiger partial charge in [-0.05, 0) is 31.7 Å². The van der Waals surface area contributed by atoms with Crippen LogP contribution in [0.1, 0.15) is 78.1 Å². The summed E-state index contributed by atoms with van der Waals surface area (Å²) in [7, 11) is -1.23. The van der Waals surface area contributed by atoms with Crippen molar-refractivity contribution >= 4 is 32.8 Å². The first-order valence-electron chi connectivity index (χ1n) is 12.5. The summed E-state index contributed by atoms with van der Waals surface area (Å²) < 4.78 is 34.1. The average Bonchev–Trinajstić information content (AvgIpc) is 3.19. The van der Waals surface area contributed by atoms with Crippen LogP contribution in [-0.2, 0) is 26.3 Å². The molecule has 0 radical (unpaired) electrons. The molecule has 9 nitrogen and oxygen atoms in total. The maximum Gasteiger partial charge on any atom is 0.307 e. The van der Waals surface area contributed by atoms with Gasteiger partial charge in [0.25, 0.3) is 0 Å². The zero-order valence-corrected chi connectivity index (χ0v) is 21.5. The summed E-state index contributed by atoms with van der Waals surface area (Å²) in [5.41, 5.74) is 0.712. The Labute approximate surface area is 203 Å². The van der Waals surface area contributed by atoms with Gasteiger partial charge in [0.05, 0.1) is 11.1 Å². The van der Waals surface area contributed by atoms with Gasteiger partial charge in [0.15, 0.2) is 6.73 Å². The summed E-state index contributed by atoms with van der Waals surface area (Å²) in [6, 6.07) is 2.10. The van der Waals surface area contributed by atoms with E-state index in [4.69, 9.17) is 4.74 Å². The van der Waals surface area contributed by atoms with E-state index in [9.17, 15) is 13.2 Å². The molecule has 10 heteroatoms. The van der Waals surface area contributed by atoms with E-state index in [0.29, 0.717) is 18.5 Å². The number of carbonyl (C=O) groups excluding carboxylic acids is 1. The van der Waals surface area contributed by atoms with Crippen LogP contribution in [0.25, 0.3) is 11.0 Å². The largest absolute Gasteiger partial charge is 0.444 e. The van der Waals surface area contributed by atoms with Crippen molar-refractivity contribution in [3.63, 3.8) is 0 Å². The number of sulfonamides is 1. The third-order valence-electron chi connectivity index (χ3n) is 6.45. The highest BCUT2D eigenvalue weighted by molar-refractivity contribution is 7.89. The normalized spacial score (nSPS) is 18.1. The number of aromatic nitrogens is 3. The predicted octanol–water partition coefficient (Wildman–Crippen LogP) is 3.98. The second kappa shape index (κ2) is 12.5. The fourth-order valence-corrected chi connectivity index (χ4v) is 5.75. The first-order chi connectivity index (χ1) is 16.3. The topological polar surface area (TPSA) is 106 Å². The monoisotopic (exact) mass is 493 g/mol. The van der Waals surface area contributed by atoms with Crippen molar-refractivity contribution in [3.05, 3.63) is 18.6 Å². The van der Waals surface area contributed by atoms with E-state index in [0.717, 1.165) is 36.9 Å². The van der Waals surface area contributed by atoms with Crippen molar-refractivity contribution in [1.29, 1.82) is 0 Å². The number of fused-ring (bicyclic) bond motifs is 1. The molecule has 1 N–H and O–H groups in total. The number of esters is 1. The van der Waals surface area contributed by atoms with E-state index in [-0.39, 0.29) is 30.5 Å². The molecule has 2 aromatic rings. The Morgan fingerprint density at radius 2 is 1.88 bits per heavy atom. The zero-order chi connectivity index (χ0) is 24.6. The molecule has 1 aliphatic rings. The molecule has 2 heterocycles. The number of rotatable bonds is 15. The van der Waals surface area contributed by atoms with Gasteiger partial charge in [-0.15, -0.1) is 0 Å². The van der Waals surface area contributed by atoms with Crippen molar-refractivity contribution in [2.75, 3.05) is 17.7 Å². The molecule has 0 amide bonds. The van der Waals surface area contributed by atoms with Gasteiger partial charge in [0.1, 0.15) is 17.8 Å². The molecule has 3 rings (SSSR count). The minimum atomic E-state index is -3.20. The summed E-state index contributed by atoms with van der Waals surface area (Å²) in [6.07, 6.45) is 12.7. The van der Waals surface area contributed by atoms with Gasteiger partial charge in [-0.1, -0.05) is 46.0 Å².